The molecule has 2 atom stereocenters. The van der Waals surface area contributed by atoms with Gasteiger partial charge in [-0.25, -0.2) is 4.98 Å². The Morgan fingerprint density at radius 3 is 3.10 bits per heavy atom. The molecule has 3 rings (SSSR count). The molecule has 0 spiro atoms. The number of rotatable bonds is 4. The Balaban J connectivity index is 1.75. The van der Waals surface area contributed by atoms with Gasteiger partial charge in [-0.05, 0) is 44.1 Å². The molecule has 0 amide bonds. The van der Waals surface area contributed by atoms with Gasteiger partial charge in [-0.2, -0.15) is 11.8 Å². The van der Waals surface area contributed by atoms with Gasteiger partial charge in [0, 0.05) is 11.3 Å². The number of nitrogen functional groups attached to an aromatic ring is 1. The highest BCUT2D eigenvalue weighted by Crippen LogP contribution is 2.34. The summed E-state index contributed by atoms with van der Waals surface area (Å²) in [7, 11) is 0. The van der Waals surface area contributed by atoms with Crippen molar-refractivity contribution in [3.63, 3.8) is 0 Å². The zero-order chi connectivity index (χ0) is 14.1. The third-order valence-corrected chi connectivity index (χ3v) is 5.98. The maximum Gasteiger partial charge on any atom is 0.0907 e. The van der Waals surface area contributed by atoms with Crippen LogP contribution in [0.2, 0.25) is 0 Å². The minimum absolute atomic E-state index is 0.554. The molecule has 2 unspecified atom stereocenters. The molecule has 1 aliphatic rings. The van der Waals surface area contributed by atoms with Crippen molar-refractivity contribution < 1.29 is 0 Å². The molecule has 1 saturated carbocycles. The third kappa shape index (κ3) is 2.88. The highest BCUT2D eigenvalue weighted by Gasteiger charge is 2.24. The fourth-order valence-electron chi connectivity index (χ4n) is 2.91. The van der Waals surface area contributed by atoms with E-state index in [1.165, 1.54) is 29.7 Å². The van der Waals surface area contributed by atoms with Gasteiger partial charge in [0.2, 0.25) is 0 Å². The van der Waals surface area contributed by atoms with E-state index in [1.807, 2.05) is 6.92 Å². The first-order valence-corrected chi connectivity index (χ1v) is 9.07. The van der Waals surface area contributed by atoms with Crippen molar-refractivity contribution in [2.45, 2.75) is 44.4 Å². The number of nitrogens with one attached hydrogen (secondary N) is 1. The lowest BCUT2D eigenvalue weighted by Crippen LogP contribution is -2.17. The summed E-state index contributed by atoms with van der Waals surface area (Å²) in [6.45, 7) is 4.28. The van der Waals surface area contributed by atoms with Crippen LogP contribution in [0.3, 0.4) is 0 Å². The largest absolute Gasteiger partial charge is 0.397 e. The summed E-state index contributed by atoms with van der Waals surface area (Å²) >= 11 is 3.78. The molecule has 108 valence electrons. The Labute approximate surface area is 128 Å². The van der Waals surface area contributed by atoms with Gasteiger partial charge >= 0.3 is 0 Å². The van der Waals surface area contributed by atoms with Crippen LogP contribution >= 0.6 is 23.1 Å². The number of aryl methyl sites for hydroxylation is 1. The quantitative estimate of drug-likeness (QED) is 0.828. The summed E-state index contributed by atoms with van der Waals surface area (Å²) in [6, 6.07) is 4.71. The van der Waals surface area contributed by atoms with Crippen LogP contribution in [-0.2, 0) is 0 Å². The van der Waals surface area contributed by atoms with Gasteiger partial charge < -0.3 is 11.1 Å². The Kier molecular flexibility index (Phi) is 4.08. The van der Waals surface area contributed by atoms with E-state index in [0.717, 1.165) is 27.1 Å². The van der Waals surface area contributed by atoms with E-state index in [0.29, 0.717) is 6.04 Å². The molecule has 20 heavy (non-hydrogen) atoms. The number of anilines is 2. The maximum absolute atomic E-state index is 6.18. The number of nitrogens with two attached hydrogens (primary N) is 1. The summed E-state index contributed by atoms with van der Waals surface area (Å²) < 4.78 is 1.18. The molecule has 1 fully saturated rings. The van der Waals surface area contributed by atoms with Gasteiger partial charge in [0.15, 0.2) is 0 Å². The SMILES string of the molecule is CCSC1CCC(Nc2cc3nc(C)sc3cc2N)C1. The first kappa shape index (κ1) is 14.0. The molecule has 0 saturated heterocycles. The molecule has 1 heterocycles. The van der Waals surface area contributed by atoms with E-state index in [1.54, 1.807) is 11.3 Å². The lowest BCUT2D eigenvalue weighted by molar-refractivity contribution is 0.757. The van der Waals surface area contributed by atoms with Gasteiger partial charge in [0.25, 0.3) is 0 Å². The van der Waals surface area contributed by atoms with Crippen molar-refractivity contribution in [2.75, 3.05) is 16.8 Å². The Morgan fingerprint density at radius 1 is 1.45 bits per heavy atom. The Bertz CT molecular complexity index is 608. The molecule has 1 aromatic carbocycles. The van der Waals surface area contributed by atoms with E-state index >= 15 is 0 Å². The lowest BCUT2D eigenvalue weighted by atomic mass is 10.2. The summed E-state index contributed by atoms with van der Waals surface area (Å²) in [4.78, 5) is 4.55. The van der Waals surface area contributed by atoms with Gasteiger partial charge in [0.1, 0.15) is 0 Å². The second-order valence-electron chi connectivity index (χ2n) is 5.37. The standard InChI is InChI=1S/C15H21N3S2/c1-3-19-11-5-4-10(6-11)18-13-8-14-15(7-12(13)16)20-9(2)17-14/h7-8,10-11,18H,3-6,16H2,1-2H3. The molecule has 0 aliphatic heterocycles. The van der Waals surface area contributed by atoms with Gasteiger partial charge in [0.05, 0.1) is 26.6 Å². The zero-order valence-corrected chi connectivity index (χ0v) is 13.6. The smallest absolute Gasteiger partial charge is 0.0907 e. The van der Waals surface area contributed by atoms with Crippen LogP contribution < -0.4 is 11.1 Å². The van der Waals surface area contributed by atoms with E-state index in [-0.39, 0.29) is 0 Å². The van der Waals surface area contributed by atoms with Crippen LogP contribution in [0.1, 0.15) is 31.2 Å². The Hall–Kier alpha value is -0.940. The van der Waals surface area contributed by atoms with Crippen LogP contribution in [0.25, 0.3) is 10.2 Å². The van der Waals surface area contributed by atoms with Gasteiger partial charge in [-0.15, -0.1) is 11.3 Å². The number of hydrogen-bond acceptors (Lipinski definition) is 5. The van der Waals surface area contributed by atoms with Crippen molar-refractivity contribution in [1.82, 2.24) is 4.98 Å². The number of hydrogen-bond donors (Lipinski definition) is 2. The molecular weight excluding hydrogens is 286 g/mol. The third-order valence-electron chi connectivity index (χ3n) is 3.81. The lowest BCUT2D eigenvalue weighted by Gasteiger charge is -2.16. The van der Waals surface area contributed by atoms with Gasteiger partial charge in [-0.3, -0.25) is 0 Å². The van der Waals surface area contributed by atoms with E-state index < -0.39 is 0 Å². The molecule has 1 aliphatic carbocycles. The monoisotopic (exact) mass is 307 g/mol. The second kappa shape index (κ2) is 5.82. The number of thioether (sulfide) groups is 1. The molecule has 5 heteroatoms. The van der Waals surface area contributed by atoms with Crippen LogP contribution in [0.5, 0.6) is 0 Å². The fraction of sp³-hybridized carbons (Fsp3) is 0.533. The normalized spacial score (nSPS) is 22.5. The number of nitrogens with zero attached hydrogens (tertiary/aromatic N) is 1. The Morgan fingerprint density at radius 2 is 2.30 bits per heavy atom. The number of aromatic nitrogens is 1. The molecule has 0 radical (unpaired) electrons. The number of benzene rings is 1. The first-order valence-electron chi connectivity index (χ1n) is 7.20. The van der Waals surface area contributed by atoms with Crippen LogP contribution in [0.15, 0.2) is 12.1 Å². The van der Waals surface area contributed by atoms with Gasteiger partial charge in [-0.1, -0.05) is 6.92 Å². The minimum atomic E-state index is 0.554. The molecular formula is C15H21N3S2. The highest BCUT2D eigenvalue weighted by molar-refractivity contribution is 7.99. The molecule has 3 N–H and O–H groups in total. The summed E-state index contributed by atoms with van der Waals surface area (Å²) in [5.41, 5.74) is 9.13. The topological polar surface area (TPSA) is 50.9 Å². The number of fused-ring (bicyclic) bond motifs is 1. The van der Waals surface area contributed by atoms with Crippen molar-refractivity contribution in [3.05, 3.63) is 17.1 Å². The molecule has 3 nitrogen and oxygen atoms in total. The predicted octanol–water partition coefficient (Wildman–Crippen LogP) is 4.27. The van der Waals surface area contributed by atoms with Crippen LogP contribution in [-0.4, -0.2) is 22.0 Å². The minimum Gasteiger partial charge on any atom is -0.397 e. The highest BCUT2D eigenvalue weighted by atomic mass is 32.2. The van der Waals surface area contributed by atoms with E-state index in [9.17, 15) is 0 Å². The maximum atomic E-state index is 6.18. The molecule has 2 aromatic rings. The molecule has 1 aromatic heterocycles. The van der Waals surface area contributed by atoms with Crippen LogP contribution in [0.4, 0.5) is 11.4 Å². The van der Waals surface area contributed by atoms with Crippen molar-refractivity contribution in [1.29, 1.82) is 0 Å². The van der Waals surface area contributed by atoms with Crippen molar-refractivity contribution in [3.8, 4) is 0 Å². The van der Waals surface area contributed by atoms with Crippen LogP contribution in [0, 0.1) is 6.92 Å². The summed E-state index contributed by atoms with van der Waals surface area (Å²) in [6.07, 6.45) is 3.80. The summed E-state index contributed by atoms with van der Waals surface area (Å²) in [5, 5.41) is 5.53. The van der Waals surface area contributed by atoms with Crippen molar-refractivity contribution >= 4 is 44.7 Å². The predicted molar refractivity (Wildman–Crippen MR) is 92.0 cm³/mol. The molecule has 0 bridgehead atoms. The second-order valence-corrected chi connectivity index (χ2v) is 8.18. The first-order chi connectivity index (χ1) is 9.65. The zero-order valence-electron chi connectivity index (χ0n) is 12.0. The summed E-state index contributed by atoms with van der Waals surface area (Å²) in [5.74, 6) is 1.21. The van der Waals surface area contributed by atoms with E-state index in [2.05, 4.69) is 41.1 Å². The number of thiazole rings is 1. The average Bonchev–Trinajstić information content (AvgIpc) is 2.96. The van der Waals surface area contributed by atoms with Crippen molar-refractivity contribution in [2.24, 2.45) is 0 Å². The fourth-order valence-corrected chi connectivity index (χ4v) is 4.91. The average molecular weight is 307 g/mol. The van der Waals surface area contributed by atoms with E-state index in [4.69, 9.17) is 5.73 Å².